The highest BCUT2D eigenvalue weighted by Crippen LogP contribution is 2.37. The van der Waals surface area contributed by atoms with Gasteiger partial charge in [-0.2, -0.15) is 15.0 Å². The minimum Gasteiger partial charge on any atom is -0.395 e. The second-order valence-corrected chi connectivity index (χ2v) is 8.69. The molecule has 31 heavy (non-hydrogen) atoms. The molecule has 0 bridgehead atoms. The molecule has 0 radical (unpaired) electrons. The summed E-state index contributed by atoms with van der Waals surface area (Å²) < 4.78 is 8.26. The molecule has 0 aliphatic carbocycles. The summed E-state index contributed by atoms with van der Waals surface area (Å²) in [7, 11) is 0. The van der Waals surface area contributed by atoms with E-state index in [1.54, 1.807) is 18.7 Å². The number of ether oxygens (including phenoxy) is 1. The number of nitrogens with zero attached hydrogens (tertiary/aromatic N) is 4. The van der Waals surface area contributed by atoms with E-state index in [4.69, 9.17) is 9.84 Å². The lowest BCUT2D eigenvalue weighted by molar-refractivity contribution is 0.0675. The van der Waals surface area contributed by atoms with E-state index in [0.717, 1.165) is 15.4 Å². The molecule has 0 spiro atoms. The maximum Gasteiger partial charge on any atom is 0.350 e. The standard InChI is InChI=1S/C23H24N4O3S/c1-17-25-27(22(29)26(17)11-12-28)19-5-7-20(8-6-19)31-21-4-2-3-18(15-21)23(16-24)9-13-30-14-10-23/h2-8,15,28H,9-14H2,1H3. The Labute approximate surface area is 184 Å². The first-order chi connectivity index (χ1) is 15.1. The molecule has 0 atom stereocenters. The number of rotatable bonds is 6. The van der Waals surface area contributed by atoms with Crippen LogP contribution in [0.5, 0.6) is 0 Å². The molecule has 3 aromatic rings. The van der Waals surface area contributed by atoms with Gasteiger partial charge in [0.15, 0.2) is 0 Å². The Morgan fingerprint density at radius 2 is 1.94 bits per heavy atom. The SMILES string of the molecule is Cc1nn(-c2ccc(Sc3cccc(C4(C#N)CCOCC4)c3)cc2)c(=O)n1CCO. The molecule has 1 fully saturated rings. The fraction of sp³-hybridized carbons (Fsp3) is 0.348. The highest BCUT2D eigenvalue weighted by atomic mass is 32.2. The molecule has 2 heterocycles. The van der Waals surface area contributed by atoms with Crippen molar-refractivity contribution >= 4 is 11.8 Å². The van der Waals surface area contributed by atoms with Gasteiger partial charge < -0.3 is 9.84 Å². The molecule has 160 valence electrons. The molecule has 0 saturated carbocycles. The van der Waals surface area contributed by atoms with Gasteiger partial charge in [0.05, 0.1) is 30.3 Å². The van der Waals surface area contributed by atoms with Gasteiger partial charge in [0.1, 0.15) is 5.82 Å². The molecule has 4 rings (SSSR count). The van der Waals surface area contributed by atoms with Crippen LogP contribution >= 0.6 is 11.8 Å². The number of hydrogen-bond donors (Lipinski definition) is 1. The van der Waals surface area contributed by atoms with Crippen LogP contribution in [0.2, 0.25) is 0 Å². The molecular weight excluding hydrogens is 412 g/mol. The number of nitriles is 1. The van der Waals surface area contributed by atoms with E-state index in [2.05, 4.69) is 17.2 Å². The minimum absolute atomic E-state index is 0.110. The van der Waals surface area contributed by atoms with Crippen molar-refractivity contribution in [2.24, 2.45) is 0 Å². The molecule has 1 aromatic heterocycles. The number of aromatic nitrogens is 3. The number of benzene rings is 2. The van der Waals surface area contributed by atoms with Crippen LogP contribution in [0.1, 0.15) is 24.2 Å². The van der Waals surface area contributed by atoms with Crippen LogP contribution in [-0.2, 0) is 16.7 Å². The third-order valence-corrected chi connectivity index (χ3v) is 6.63. The molecule has 1 aliphatic rings. The Morgan fingerprint density at radius 3 is 2.61 bits per heavy atom. The smallest absolute Gasteiger partial charge is 0.350 e. The van der Waals surface area contributed by atoms with Crippen LogP contribution < -0.4 is 5.69 Å². The molecule has 0 amide bonds. The molecule has 1 saturated heterocycles. The Bertz CT molecular complexity index is 1150. The van der Waals surface area contributed by atoms with Crippen LogP contribution in [-0.4, -0.2) is 39.3 Å². The van der Waals surface area contributed by atoms with Gasteiger partial charge in [-0.15, -0.1) is 0 Å². The van der Waals surface area contributed by atoms with Crippen LogP contribution in [0, 0.1) is 18.3 Å². The quantitative estimate of drug-likeness (QED) is 0.638. The van der Waals surface area contributed by atoms with Crippen molar-refractivity contribution in [1.29, 1.82) is 5.26 Å². The normalized spacial score (nSPS) is 15.5. The van der Waals surface area contributed by atoms with Crippen LogP contribution in [0.3, 0.4) is 0 Å². The lowest BCUT2D eigenvalue weighted by atomic mass is 9.75. The zero-order chi connectivity index (χ0) is 21.8. The maximum atomic E-state index is 12.5. The van der Waals surface area contributed by atoms with Crippen LogP contribution in [0.25, 0.3) is 5.69 Å². The molecule has 7 nitrogen and oxygen atoms in total. The Kier molecular flexibility index (Phi) is 6.28. The van der Waals surface area contributed by atoms with Crippen molar-refractivity contribution in [3.63, 3.8) is 0 Å². The monoisotopic (exact) mass is 436 g/mol. The first kappa shape index (κ1) is 21.4. The van der Waals surface area contributed by atoms with E-state index in [1.165, 1.54) is 9.25 Å². The van der Waals surface area contributed by atoms with Crippen LogP contribution in [0.15, 0.2) is 63.1 Å². The van der Waals surface area contributed by atoms with Gasteiger partial charge in [-0.3, -0.25) is 4.57 Å². The number of hydrogen-bond acceptors (Lipinski definition) is 6. The minimum atomic E-state index is -0.481. The molecule has 1 aliphatic heterocycles. The largest absolute Gasteiger partial charge is 0.395 e. The average molecular weight is 437 g/mol. The predicted molar refractivity (Wildman–Crippen MR) is 118 cm³/mol. The van der Waals surface area contributed by atoms with Gasteiger partial charge >= 0.3 is 5.69 Å². The molecule has 2 aromatic carbocycles. The summed E-state index contributed by atoms with van der Waals surface area (Å²) in [6, 6.07) is 18.3. The van der Waals surface area contributed by atoms with Crippen molar-refractivity contribution in [1.82, 2.24) is 14.3 Å². The van der Waals surface area contributed by atoms with E-state index in [0.29, 0.717) is 37.6 Å². The predicted octanol–water partition coefficient (Wildman–Crippen LogP) is 3.06. The Balaban J connectivity index is 1.55. The maximum absolute atomic E-state index is 12.5. The van der Waals surface area contributed by atoms with Crippen LogP contribution in [0.4, 0.5) is 0 Å². The lowest BCUT2D eigenvalue weighted by Crippen LogP contribution is -2.32. The molecule has 1 N–H and O–H groups in total. The Hall–Kier alpha value is -2.86. The lowest BCUT2D eigenvalue weighted by Gasteiger charge is -2.31. The summed E-state index contributed by atoms with van der Waals surface area (Å²) in [6.45, 7) is 3.09. The van der Waals surface area contributed by atoms with E-state index in [-0.39, 0.29) is 18.8 Å². The van der Waals surface area contributed by atoms with E-state index in [9.17, 15) is 10.1 Å². The fourth-order valence-electron chi connectivity index (χ4n) is 3.85. The van der Waals surface area contributed by atoms with Gasteiger partial charge in [-0.1, -0.05) is 23.9 Å². The van der Waals surface area contributed by atoms with Gasteiger partial charge in [0.2, 0.25) is 0 Å². The molecule has 8 heteroatoms. The first-order valence-corrected chi connectivity index (χ1v) is 11.0. The number of aliphatic hydroxyl groups excluding tert-OH is 1. The zero-order valence-electron chi connectivity index (χ0n) is 17.3. The van der Waals surface area contributed by atoms with Crippen molar-refractivity contribution < 1.29 is 9.84 Å². The highest BCUT2D eigenvalue weighted by molar-refractivity contribution is 7.99. The first-order valence-electron chi connectivity index (χ1n) is 10.2. The van der Waals surface area contributed by atoms with Gasteiger partial charge in [-0.25, -0.2) is 4.79 Å². The van der Waals surface area contributed by atoms with E-state index >= 15 is 0 Å². The van der Waals surface area contributed by atoms with E-state index in [1.807, 2.05) is 42.5 Å². The zero-order valence-corrected chi connectivity index (χ0v) is 18.1. The Morgan fingerprint density at radius 1 is 1.19 bits per heavy atom. The summed E-state index contributed by atoms with van der Waals surface area (Å²) in [6.07, 6.45) is 1.42. The van der Waals surface area contributed by atoms with Gasteiger partial charge in [-0.05, 0) is 61.7 Å². The summed E-state index contributed by atoms with van der Waals surface area (Å²) in [5.41, 5.74) is 0.966. The van der Waals surface area contributed by atoms with E-state index < -0.39 is 5.41 Å². The third kappa shape index (κ3) is 4.30. The third-order valence-electron chi connectivity index (χ3n) is 5.64. The second kappa shape index (κ2) is 9.10. The fourth-order valence-corrected chi connectivity index (χ4v) is 4.73. The van der Waals surface area contributed by atoms with Crippen molar-refractivity contribution in [2.75, 3.05) is 19.8 Å². The van der Waals surface area contributed by atoms with Gasteiger partial charge in [0.25, 0.3) is 0 Å². The summed E-state index contributed by atoms with van der Waals surface area (Å²) in [4.78, 5) is 14.6. The van der Waals surface area contributed by atoms with Gasteiger partial charge in [0, 0.05) is 23.0 Å². The summed E-state index contributed by atoms with van der Waals surface area (Å²) in [5, 5.41) is 23.3. The number of aliphatic hydroxyl groups is 1. The summed E-state index contributed by atoms with van der Waals surface area (Å²) in [5.74, 6) is 0.564. The van der Waals surface area contributed by atoms with Crippen molar-refractivity contribution in [3.05, 3.63) is 70.4 Å². The number of aryl methyl sites for hydroxylation is 1. The second-order valence-electron chi connectivity index (χ2n) is 7.55. The van der Waals surface area contributed by atoms with Crippen molar-refractivity contribution in [2.45, 2.75) is 41.5 Å². The average Bonchev–Trinajstić information content (AvgIpc) is 3.09. The highest BCUT2D eigenvalue weighted by Gasteiger charge is 2.34. The molecule has 0 unspecified atom stereocenters. The van der Waals surface area contributed by atoms with Crippen molar-refractivity contribution in [3.8, 4) is 11.8 Å². The molecular formula is C23H24N4O3S. The topological polar surface area (TPSA) is 93.1 Å². The summed E-state index contributed by atoms with van der Waals surface area (Å²) >= 11 is 1.61.